The van der Waals surface area contributed by atoms with Crippen LogP contribution < -0.4 is 10.5 Å². The number of nitrogens with two attached hydrogens (primary N) is 1. The molecule has 0 saturated carbocycles. The third kappa shape index (κ3) is 3.06. The standard InChI is InChI=1S/C14H9Cl4NO2/c1-21-6-2-3-10(19)7(4-6)14(20)11-8(15)5-9(16)12(17)13(11)18/h2-5H,19H2,1H3. The molecule has 0 amide bonds. The molecular weight excluding hydrogens is 356 g/mol. The highest BCUT2D eigenvalue weighted by molar-refractivity contribution is 6.51. The average molecular weight is 365 g/mol. The van der Waals surface area contributed by atoms with Gasteiger partial charge in [-0.2, -0.15) is 0 Å². The third-order valence-electron chi connectivity index (χ3n) is 2.85. The molecular formula is C14H9Cl4NO2. The second kappa shape index (κ2) is 6.32. The molecule has 0 aliphatic carbocycles. The number of benzene rings is 2. The minimum Gasteiger partial charge on any atom is -0.497 e. The predicted molar refractivity (Wildman–Crippen MR) is 87.3 cm³/mol. The first-order valence-corrected chi connectivity index (χ1v) is 7.19. The van der Waals surface area contributed by atoms with Crippen molar-refractivity contribution in [2.24, 2.45) is 0 Å². The molecule has 2 N–H and O–H groups in total. The molecule has 0 bridgehead atoms. The molecule has 0 unspecified atom stereocenters. The Morgan fingerprint density at radius 3 is 2.33 bits per heavy atom. The number of ketones is 1. The molecule has 2 rings (SSSR count). The molecule has 7 heteroatoms. The van der Waals surface area contributed by atoms with Crippen molar-refractivity contribution in [1.29, 1.82) is 0 Å². The Morgan fingerprint density at radius 1 is 1.05 bits per heavy atom. The summed E-state index contributed by atoms with van der Waals surface area (Å²) in [5, 5.41) is 0.317. The molecule has 0 fully saturated rings. The number of nitrogen functional groups attached to an aromatic ring is 1. The summed E-state index contributed by atoms with van der Waals surface area (Å²) in [6.07, 6.45) is 0. The Labute approximate surface area is 141 Å². The number of halogens is 4. The maximum absolute atomic E-state index is 12.6. The fourth-order valence-electron chi connectivity index (χ4n) is 1.77. The maximum atomic E-state index is 12.6. The van der Waals surface area contributed by atoms with Crippen LogP contribution in [0.1, 0.15) is 15.9 Å². The van der Waals surface area contributed by atoms with Gasteiger partial charge in [0.2, 0.25) is 0 Å². The highest BCUT2D eigenvalue weighted by Gasteiger charge is 2.23. The van der Waals surface area contributed by atoms with Gasteiger partial charge in [0.15, 0.2) is 5.78 Å². The van der Waals surface area contributed by atoms with Gasteiger partial charge in [-0.3, -0.25) is 4.79 Å². The van der Waals surface area contributed by atoms with Gasteiger partial charge in [0.25, 0.3) is 0 Å². The number of ether oxygens (including phenoxy) is 1. The number of rotatable bonds is 3. The van der Waals surface area contributed by atoms with Gasteiger partial charge in [-0.1, -0.05) is 46.4 Å². The minimum atomic E-state index is -0.458. The largest absolute Gasteiger partial charge is 0.497 e. The molecule has 0 heterocycles. The van der Waals surface area contributed by atoms with Gasteiger partial charge in [0, 0.05) is 11.3 Å². The highest BCUT2D eigenvalue weighted by atomic mass is 35.5. The van der Waals surface area contributed by atoms with E-state index in [9.17, 15) is 4.79 Å². The van der Waals surface area contributed by atoms with Crippen LogP contribution in [0.5, 0.6) is 5.75 Å². The van der Waals surface area contributed by atoms with Crippen molar-refractivity contribution in [1.82, 2.24) is 0 Å². The quantitative estimate of drug-likeness (QED) is 0.356. The zero-order valence-electron chi connectivity index (χ0n) is 10.7. The van der Waals surface area contributed by atoms with Crippen molar-refractivity contribution >= 4 is 57.9 Å². The van der Waals surface area contributed by atoms with Crippen molar-refractivity contribution in [2.45, 2.75) is 0 Å². The lowest BCUT2D eigenvalue weighted by molar-refractivity contribution is 0.103. The summed E-state index contributed by atoms with van der Waals surface area (Å²) in [7, 11) is 1.49. The molecule has 0 atom stereocenters. The van der Waals surface area contributed by atoms with Crippen LogP contribution in [-0.2, 0) is 0 Å². The first-order valence-electron chi connectivity index (χ1n) is 5.68. The molecule has 0 aliphatic rings. The van der Waals surface area contributed by atoms with Crippen molar-refractivity contribution in [2.75, 3.05) is 12.8 Å². The zero-order chi connectivity index (χ0) is 15.7. The lowest BCUT2D eigenvalue weighted by Gasteiger charge is -2.11. The van der Waals surface area contributed by atoms with Crippen LogP contribution in [0, 0.1) is 0 Å². The Kier molecular flexibility index (Phi) is 4.89. The number of carbonyl (C=O) groups is 1. The molecule has 0 aromatic heterocycles. The number of anilines is 1. The summed E-state index contributed by atoms with van der Waals surface area (Å²) < 4.78 is 5.08. The third-order valence-corrected chi connectivity index (χ3v) is 4.41. The summed E-state index contributed by atoms with van der Waals surface area (Å²) in [6.45, 7) is 0. The average Bonchev–Trinajstić information content (AvgIpc) is 2.45. The Hall–Kier alpha value is -1.13. The van der Waals surface area contributed by atoms with Crippen LogP contribution >= 0.6 is 46.4 Å². The predicted octanol–water partition coefficient (Wildman–Crippen LogP) is 5.12. The van der Waals surface area contributed by atoms with Crippen molar-refractivity contribution in [3.63, 3.8) is 0 Å². The fraction of sp³-hybridized carbons (Fsp3) is 0.0714. The van der Waals surface area contributed by atoms with Crippen LogP contribution in [0.3, 0.4) is 0 Å². The van der Waals surface area contributed by atoms with E-state index in [0.717, 1.165) is 0 Å². The molecule has 110 valence electrons. The topological polar surface area (TPSA) is 52.3 Å². The Bertz CT molecular complexity index is 731. The van der Waals surface area contributed by atoms with Gasteiger partial charge in [-0.15, -0.1) is 0 Å². The number of hydrogen-bond donors (Lipinski definition) is 1. The van der Waals surface area contributed by atoms with E-state index in [2.05, 4.69) is 0 Å². The summed E-state index contributed by atoms with van der Waals surface area (Å²) in [4.78, 5) is 12.6. The van der Waals surface area contributed by atoms with Gasteiger partial charge in [-0.25, -0.2) is 0 Å². The van der Waals surface area contributed by atoms with Gasteiger partial charge in [0.1, 0.15) is 5.75 Å². The molecule has 21 heavy (non-hydrogen) atoms. The van der Waals surface area contributed by atoms with E-state index in [-0.39, 0.29) is 36.9 Å². The maximum Gasteiger partial charge on any atom is 0.198 e. The fourth-order valence-corrected chi connectivity index (χ4v) is 2.85. The van der Waals surface area contributed by atoms with E-state index in [1.165, 1.54) is 19.2 Å². The molecule has 0 radical (unpaired) electrons. The van der Waals surface area contributed by atoms with E-state index >= 15 is 0 Å². The molecule has 3 nitrogen and oxygen atoms in total. The minimum absolute atomic E-state index is 0.0126. The SMILES string of the molecule is COc1ccc(N)c(C(=O)c2c(Cl)cc(Cl)c(Cl)c2Cl)c1. The second-order valence-electron chi connectivity index (χ2n) is 4.13. The smallest absolute Gasteiger partial charge is 0.198 e. The van der Waals surface area contributed by atoms with Crippen LogP contribution in [0.2, 0.25) is 20.1 Å². The highest BCUT2D eigenvalue weighted by Crippen LogP contribution is 2.39. The second-order valence-corrected chi connectivity index (χ2v) is 5.70. The molecule has 0 saturated heterocycles. The number of hydrogen-bond acceptors (Lipinski definition) is 3. The Balaban J connectivity index is 2.63. The van der Waals surface area contributed by atoms with Crippen LogP contribution in [-0.4, -0.2) is 12.9 Å². The van der Waals surface area contributed by atoms with Crippen molar-refractivity contribution in [3.05, 3.63) is 55.5 Å². The monoisotopic (exact) mass is 363 g/mol. The van der Waals surface area contributed by atoms with Gasteiger partial charge >= 0.3 is 0 Å². The summed E-state index contributed by atoms with van der Waals surface area (Å²) >= 11 is 24.0. The first kappa shape index (κ1) is 16.2. The number of methoxy groups -OCH3 is 1. The van der Waals surface area contributed by atoms with E-state index in [1.54, 1.807) is 12.1 Å². The number of carbonyl (C=O) groups excluding carboxylic acids is 1. The van der Waals surface area contributed by atoms with Crippen molar-refractivity contribution in [3.8, 4) is 5.75 Å². The normalized spacial score (nSPS) is 10.5. The van der Waals surface area contributed by atoms with Crippen LogP contribution in [0.25, 0.3) is 0 Å². The summed E-state index contributed by atoms with van der Waals surface area (Å²) in [5.74, 6) is 0.0276. The molecule has 0 aliphatic heterocycles. The molecule has 2 aromatic rings. The molecule has 2 aromatic carbocycles. The van der Waals surface area contributed by atoms with E-state index in [0.29, 0.717) is 5.75 Å². The molecule has 0 spiro atoms. The Morgan fingerprint density at radius 2 is 1.71 bits per heavy atom. The summed E-state index contributed by atoms with van der Waals surface area (Å²) in [6, 6.07) is 6.07. The van der Waals surface area contributed by atoms with Gasteiger partial charge in [-0.05, 0) is 24.3 Å². The van der Waals surface area contributed by atoms with Crippen molar-refractivity contribution < 1.29 is 9.53 Å². The van der Waals surface area contributed by atoms with E-state index in [1.807, 2.05) is 0 Å². The van der Waals surface area contributed by atoms with Gasteiger partial charge in [0.05, 0.1) is 32.8 Å². The lowest BCUT2D eigenvalue weighted by atomic mass is 10.0. The van der Waals surface area contributed by atoms with Crippen LogP contribution in [0.15, 0.2) is 24.3 Å². The zero-order valence-corrected chi connectivity index (χ0v) is 13.7. The van der Waals surface area contributed by atoms with Gasteiger partial charge < -0.3 is 10.5 Å². The lowest BCUT2D eigenvalue weighted by Crippen LogP contribution is -2.07. The first-order chi connectivity index (χ1) is 9.86. The van der Waals surface area contributed by atoms with E-state index in [4.69, 9.17) is 56.9 Å². The van der Waals surface area contributed by atoms with Crippen LogP contribution in [0.4, 0.5) is 5.69 Å². The van der Waals surface area contributed by atoms with E-state index < -0.39 is 5.78 Å². The summed E-state index contributed by atoms with van der Waals surface area (Å²) in [5.41, 5.74) is 6.37.